The van der Waals surface area contributed by atoms with Gasteiger partial charge in [-0.3, -0.25) is 5.32 Å². The van der Waals surface area contributed by atoms with Gasteiger partial charge in [-0.05, 0) is 24.3 Å². The summed E-state index contributed by atoms with van der Waals surface area (Å²) >= 11 is 3.14. The number of anilines is 2. The molecule has 1 aliphatic carbocycles. The lowest BCUT2D eigenvalue weighted by atomic mass is 9.96. The van der Waals surface area contributed by atoms with Gasteiger partial charge in [0.15, 0.2) is 5.13 Å². The average molecular weight is 403 g/mol. The summed E-state index contributed by atoms with van der Waals surface area (Å²) in [6.07, 6.45) is 10.0. The van der Waals surface area contributed by atoms with E-state index in [0.29, 0.717) is 11.2 Å². The molecule has 1 saturated carbocycles. The first-order chi connectivity index (χ1) is 13.3. The van der Waals surface area contributed by atoms with Gasteiger partial charge in [0.25, 0.3) is 0 Å². The molecule has 3 aromatic heterocycles. The number of urea groups is 1. The second-order valence-electron chi connectivity index (χ2n) is 6.60. The number of amides is 2. The molecule has 9 heteroatoms. The number of thiazole rings is 1. The Kier molecular flexibility index (Phi) is 5.78. The summed E-state index contributed by atoms with van der Waals surface area (Å²) in [4.78, 5) is 26.1. The maximum Gasteiger partial charge on any atom is 0.321 e. The number of carbonyl (C=O) groups is 1. The van der Waals surface area contributed by atoms with Crippen LogP contribution in [0.15, 0.2) is 24.0 Å². The number of fused-ring (bicyclic) bond motifs is 1. The molecule has 3 aromatic rings. The topological polar surface area (TPSA) is 91.8 Å². The molecule has 2 amide bonds. The molecule has 3 heterocycles. The van der Waals surface area contributed by atoms with E-state index in [1.807, 2.05) is 17.6 Å². The van der Waals surface area contributed by atoms with Crippen molar-refractivity contribution in [3.63, 3.8) is 0 Å². The van der Waals surface area contributed by atoms with Crippen molar-refractivity contribution < 1.29 is 4.79 Å². The minimum absolute atomic E-state index is 0.151. The van der Waals surface area contributed by atoms with Gasteiger partial charge >= 0.3 is 6.03 Å². The number of nitrogens with zero attached hydrogens (tertiary/aromatic N) is 3. The van der Waals surface area contributed by atoms with Crippen LogP contribution < -0.4 is 16.0 Å². The molecule has 0 saturated heterocycles. The van der Waals surface area contributed by atoms with Crippen LogP contribution in [0.3, 0.4) is 0 Å². The normalized spacial score (nSPS) is 15.0. The maximum atomic E-state index is 12.1. The smallest absolute Gasteiger partial charge is 0.321 e. The van der Waals surface area contributed by atoms with Crippen LogP contribution in [0.1, 0.15) is 37.0 Å². The fraction of sp³-hybridized carbons (Fsp3) is 0.444. The number of hydrogen-bond donors (Lipinski definition) is 3. The molecule has 3 N–H and O–H groups in total. The molecule has 0 unspecified atom stereocenters. The second kappa shape index (κ2) is 8.62. The summed E-state index contributed by atoms with van der Waals surface area (Å²) in [6, 6.07) is 2.14. The van der Waals surface area contributed by atoms with E-state index < -0.39 is 0 Å². The first kappa shape index (κ1) is 18.1. The highest BCUT2D eigenvalue weighted by Gasteiger charge is 2.16. The summed E-state index contributed by atoms with van der Waals surface area (Å²) in [5.74, 6) is 0.865. The van der Waals surface area contributed by atoms with Gasteiger partial charge in [0.05, 0.1) is 10.2 Å². The summed E-state index contributed by atoms with van der Waals surface area (Å²) in [5, 5.41) is 11.9. The first-order valence-corrected chi connectivity index (χ1v) is 10.9. The van der Waals surface area contributed by atoms with Crippen molar-refractivity contribution in [3.8, 4) is 0 Å². The standard InChI is InChI=1S/C18H22N6OS2/c25-17(23-12-4-2-1-3-5-12)24-18-20-10-13(27-18)6-8-19-16-15-14(7-9-26-15)21-11-22-16/h7,9-12H,1-6,8H2,(H,19,21,22)(H2,20,23,24,25). The zero-order valence-corrected chi connectivity index (χ0v) is 16.5. The van der Waals surface area contributed by atoms with Crippen molar-refractivity contribution in [2.45, 2.75) is 44.6 Å². The van der Waals surface area contributed by atoms with Crippen molar-refractivity contribution in [2.24, 2.45) is 0 Å². The van der Waals surface area contributed by atoms with Crippen LogP contribution in [-0.4, -0.2) is 33.6 Å². The molecule has 4 rings (SSSR count). The van der Waals surface area contributed by atoms with Crippen LogP contribution in [0.25, 0.3) is 10.2 Å². The zero-order valence-electron chi connectivity index (χ0n) is 14.9. The van der Waals surface area contributed by atoms with Gasteiger partial charge in [-0.2, -0.15) is 0 Å². The lowest BCUT2D eigenvalue weighted by molar-refractivity contribution is 0.244. The lowest BCUT2D eigenvalue weighted by Gasteiger charge is -2.22. The fourth-order valence-corrected chi connectivity index (χ4v) is 4.88. The SMILES string of the molecule is O=C(Nc1ncc(CCNc2ncnc3ccsc23)s1)NC1CCCCC1. The number of hydrogen-bond acceptors (Lipinski definition) is 7. The van der Waals surface area contributed by atoms with E-state index in [1.54, 1.807) is 17.7 Å². The number of carbonyl (C=O) groups excluding carboxylic acids is 1. The molecule has 0 spiro atoms. The molecule has 0 atom stereocenters. The Labute approximate surface area is 165 Å². The largest absolute Gasteiger partial charge is 0.368 e. The summed E-state index contributed by atoms with van der Waals surface area (Å²) in [6.45, 7) is 0.750. The van der Waals surface area contributed by atoms with Gasteiger partial charge in [-0.25, -0.2) is 19.7 Å². The zero-order chi connectivity index (χ0) is 18.5. The Morgan fingerprint density at radius 1 is 1.19 bits per heavy atom. The van der Waals surface area contributed by atoms with Crippen LogP contribution in [0, 0.1) is 0 Å². The van der Waals surface area contributed by atoms with Crippen molar-refractivity contribution in [2.75, 3.05) is 17.2 Å². The fourth-order valence-electron chi connectivity index (χ4n) is 3.27. The highest BCUT2D eigenvalue weighted by atomic mass is 32.1. The third kappa shape index (κ3) is 4.72. The Morgan fingerprint density at radius 3 is 2.96 bits per heavy atom. The van der Waals surface area contributed by atoms with E-state index in [2.05, 4.69) is 30.9 Å². The molecule has 0 radical (unpaired) electrons. The molecule has 1 fully saturated rings. The van der Waals surface area contributed by atoms with Crippen molar-refractivity contribution in [1.82, 2.24) is 20.3 Å². The molecule has 0 aliphatic heterocycles. The van der Waals surface area contributed by atoms with Crippen LogP contribution in [-0.2, 0) is 6.42 Å². The first-order valence-electron chi connectivity index (χ1n) is 9.22. The predicted octanol–water partition coefficient (Wildman–Crippen LogP) is 4.26. The van der Waals surface area contributed by atoms with Crippen LogP contribution in [0.2, 0.25) is 0 Å². The second-order valence-corrected chi connectivity index (χ2v) is 8.63. The molecular formula is C18H22N6OS2. The van der Waals surface area contributed by atoms with E-state index in [4.69, 9.17) is 0 Å². The Hall–Kier alpha value is -2.26. The highest BCUT2D eigenvalue weighted by molar-refractivity contribution is 7.17. The van der Waals surface area contributed by atoms with Gasteiger partial charge in [0, 0.05) is 30.1 Å². The minimum Gasteiger partial charge on any atom is -0.368 e. The van der Waals surface area contributed by atoms with E-state index in [-0.39, 0.29) is 6.03 Å². The van der Waals surface area contributed by atoms with Gasteiger partial charge in [-0.15, -0.1) is 22.7 Å². The van der Waals surface area contributed by atoms with E-state index in [0.717, 1.165) is 46.7 Å². The number of rotatable bonds is 6. The maximum absolute atomic E-state index is 12.1. The van der Waals surface area contributed by atoms with E-state index >= 15 is 0 Å². The van der Waals surface area contributed by atoms with Crippen molar-refractivity contribution in [3.05, 3.63) is 28.8 Å². The highest BCUT2D eigenvalue weighted by Crippen LogP contribution is 2.25. The molecule has 7 nitrogen and oxygen atoms in total. The van der Waals surface area contributed by atoms with E-state index in [9.17, 15) is 4.79 Å². The minimum atomic E-state index is -0.151. The molecule has 1 aliphatic rings. The Morgan fingerprint density at radius 2 is 2.07 bits per heavy atom. The predicted molar refractivity (Wildman–Crippen MR) is 111 cm³/mol. The molecule has 142 valence electrons. The molecular weight excluding hydrogens is 380 g/mol. The monoisotopic (exact) mass is 402 g/mol. The van der Waals surface area contributed by atoms with Crippen LogP contribution >= 0.6 is 22.7 Å². The molecule has 27 heavy (non-hydrogen) atoms. The third-order valence-electron chi connectivity index (χ3n) is 4.62. The van der Waals surface area contributed by atoms with Crippen molar-refractivity contribution >= 4 is 49.9 Å². The third-order valence-corrected chi connectivity index (χ3v) is 6.50. The van der Waals surface area contributed by atoms with Gasteiger partial charge in [-0.1, -0.05) is 19.3 Å². The lowest BCUT2D eigenvalue weighted by Crippen LogP contribution is -2.38. The molecule has 0 aromatic carbocycles. The molecule has 0 bridgehead atoms. The van der Waals surface area contributed by atoms with Gasteiger partial charge < -0.3 is 10.6 Å². The summed E-state index contributed by atoms with van der Waals surface area (Å²) < 4.78 is 1.07. The van der Waals surface area contributed by atoms with Crippen LogP contribution in [0.5, 0.6) is 0 Å². The Balaban J connectivity index is 1.25. The van der Waals surface area contributed by atoms with Crippen molar-refractivity contribution in [1.29, 1.82) is 0 Å². The number of thiophene rings is 1. The van der Waals surface area contributed by atoms with Crippen LogP contribution in [0.4, 0.5) is 15.7 Å². The van der Waals surface area contributed by atoms with Gasteiger partial charge in [0.2, 0.25) is 0 Å². The quantitative estimate of drug-likeness (QED) is 0.573. The van der Waals surface area contributed by atoms with Gasteiger partial charge in [0.1, 0.15) is 12.1 Å². The van der Waals surface area contributed by atoms with E-state index in [1.165, 1.54) is 30.6 Å². The Bertz CT molecular complexity index is 902. The summed E-state index contributed by atoms with van der Waals surface area (Å²) in [5.41, 5.74) is 0.964. The number of aromatic nitrogens is 3. The number of nitrogens with one attached hydrogen (secondary N) is 3. The average Bonchev–Trinajstić information content (AvgIpc) is 3.32. The summed E-state index contributed by atoms with van der Waals surface area (Å²) in [7, 11) is 0.